The van der Waals surface area contributed by atoms with Crippen LogP contribution >= 0.6 is 0 Å². The zero-order valence-corrected chi connectivity index (χ0v) is 13.2. The first-order valence-electron chi connectivity index (χ1n) is 6.82. The molecule has 2 rings (SSSR count). The number of aliphatic hydroxyl groups excluding tert-OH is 1. The van der Waals surface area contributed by atoms with Gasteiger partial charge in [0, 0.05) is 12.1 Å². The van der Waals surface area contributed by atoms with Crippen LogP contribution in [0.5, 0.6) is 0 Å². The minimum absolute atomic E-state index is 0.0305. The predicted octanol–water partition coefficient (Wildman–Crippen LogP) is 1.47. The number of carbonyl (C=O) groups is 1. The van der Waals surface area contributed by atoms with E-state index in [-0.39, 0.29) is 23.4 Å². The maximum Gasteiger partial charge on any atom is 0.337 e. The van der Waals surface area contributed by atoms with Crippen LogP contribution in [0.4, 0.5) is 0 Å². The van der Waals surface area contributed by atoms with Crippen molar-refractivity contribution in [3.8, 4) is 0 Å². The first-order valence-corrected chi connectivity index (χ1v) is 8.30. The molecule has 0 unspecified atom stereocenters. The van der Waals surface area contributed by atoms with Gasteiger partial charge in [0.05, 0.1) is 36.2 Å². The molecule has 0 aliphatic carbocycles. The number of methoxy groups -OCH3 is 1. The van der Waals surface area contributed by atoms with Gasteiger partial charge in [-0.25, -0.2) is 17.9 Å². The smallest absolute Gasteiger partial charge is 0.337 e. The highest BCUT2D eigenvalue weighted by Crippen LogP contribution is 2.17. The van der Waals surface area contributed by atoms with Gasteiger partial charge in [-0.3, -0.25) is 0 Å². The van der Waals surface area contributed by atoms with Crippen molar-refractivity contribution in [1.29, 1.82) is 0 Å². The summed E-state index contributed by atoms with van der Waals surface area (Å²) in [5.41, 5.74) is 0.855. The van der Waals surface area contributed by atoms with E-state index in [9.17, 15) is 18.3 Å². The third-order valence-corrected chi connectivity index (χ3v) is 4.70. The Kier molecular flexibility index (Phi) is 5.54. The van der Waals surface area contributed by atoms with Crippen molar-refractivity contribution in [3.63, 3.8) is 0 Å². The second kappa shape index (κ2) is 7.40. The van der Waals surface area contributed by atoms with Crippen molar-refractivity contribution >= 4 is 16.0 Å². The van der Waals surface area contributed by atoms with E-state index in [0.29, 0.717) is 5.56 Å². The maximum atomic E-state index is 12.1. The van der Waals surface area contributed by atoms with Crippen molar-refractivity contribution in [2.24, 2.45) is 0 Å². The molecule has 0 fully saturated rings. The highest BCUT2D eigenvalue weighted by molar-refractivity contribution is 7.89. The molecule has 0 saturated carbocycles. The number of benzene rings is 1. The molecule has 124 valence electrons. The van der Waals surface area contributed by atoms with Crippen LogP contribution in [0.15, 0.2) is 52.2 Å². The Morgan fingerprint density at radius 2 is 2.00 bits per heavy atom. The largest absolute Gasteiger partial charge is 0.472 e. The average molecular weight is 339 g/mol. The van der Waals surface area contributed by atoms with Gasteiger partial charge < -0.3 is 14.3 Å². The van der Waals surface area contributed by atoms with Crippen LogP contribution < -0.4 is 4.72 Å². The number of ether oxygens (including phenoxy) is 1. The fraction of sp³-hybridized carbons (Fsp3) is 0.267. The monoisotopic (exact) mass is 339 g/mol. The van der Waals surface area contributed by atoms with Crippen LogP contribution in [-0.4, -0.2) is 33.1 Å². The lowest BCUT2D eigenvalue weighted by Gasteiger charge is -2.10. The summed E-state index contributed by atoms with van der Waals surface area (Å²) in [4.78, 5) is 11.3. The second-order valence-corrected chi connectivity index (χ2v) is 6.54. The van der Waals surface area contributed by atoms with E-state index >= 15 is 0 Å². The summed E-state index contributed by atoms with van der Waals surface area (Å²) in [6.07, 6.45) is 2.24. The summed E-state index contributed by atoms with van der Waals surface area (Å²) in [5, 5.41) is 9.86. The zero-order valence-electron chi connectivity index (χ0n) is 12.4. The van der Waals surface area contributed by atoms with Crippen LogP contribution in [0, 0.1) is 0 Å². The van der Waals surface area contributed by atoms with Gasteiger partial charge in [0.1, 0.15) is 0 Å². The first-order chi connectivity index (χ1) is 10.9. The quantitative estimate of drug-likeness (QED) is 0.740. The van der Waals surface area contributed by atoms with E-state index in [2.05, 4.69) is 9.46 Å². The van der Waals surface area contributed by atoms with Crippen molar-refractivity contribution in [2.45, 2.75) is 17.4 Å². The molecule has 8 heteroatoms. The van der Waals surface area contributed by atoms with E-state index < -0.39 is 22.1 Å². The number of hydrogen-bond donors (Lipinski definition) is 2. The lowest BCUT2D eigenvalue weighted by atomic mass is 10.1. The Labute approximate surface area is 133 Å². The Bertz CT molecular complexity index is 737. The molecular weight excluding hydrogens is 322 g/mol. The molecule has 1 aromatic heterocycles. The van der Waals surface area contributed by atoms with Gasteiger partial charge >= 0.3 is 5.97 Å². The van der Waals surface area contributed by atoms with Gasteiger partial charge in [-0.1, -0.05) is 0 Å². The van der Waals surface area contributed by atoms with Gasteiger partial charge in [-0.2, -0.15) is 0 Å². The fourth-order valence-corrected chi connectivity index (χ4v) is 2.98. The van der Waals surface area contributed by atoms with Gasteiger partial charge in [-0.15, -0.1) is 0 Å². The van der Waals surface area contributed by atoms with E-state index in [0.717, 1.165) is 0 Å². The lowest BCUT2D eigenvalue weighted by Crippen LogP contribution is -2.26. The molecule has 0 radical (unpaired) electrons. The molecule has 2 N–H and O–H groups in total. The molecule has 0 saturated heterocycles. The van der Waals surface area contributed by atoms with Crippen LogP contribution in [0.2, 0.25) is 0 Å². The number of furan rings is 1. The van der Waals surface area contributed by atoms with Crippen molar-refractivity contribution in [3.05, 3.63) is 54.0 Å². The first kappa shape index (κ1) is 17.2. The SMILES string of the molecule is COC(=O)c1ccc(S(=O)(=O)NCC[C@@H](O)c2ccoc2)cc1. The van der Waals surface area contributed by atoms with Gasteiger partial charge in [0.25, 0.3) is 0 Å². The molecule has 2 aromatic rings. The van der Waals surface area contributed by atoms with Crippen molar-refractivity contribution < 1.29 is 27.5 Å². The number of nitrogens with one attached hydrogen (secondary N) is 1. The maximum absolute atomic E-state index is 12.1. The summed E-state index contributed by atoms with van der Waals surface area (Å²) < 4.78 is 36.0. The van der Waals surface area contributed by atoms with E-state index in [1.807, 2.05) is 0 Å². The minimum atomic E-state index is -3.71. The van der Waals surface area contributed by atoms with Crippen LogP contribution in [0.3, 0.4) is 0 Å². The summed E-state index contributed by atoms with van der Waals surface area (Å²) in [7, 11) is -2.46. The van der Waals surface area contributed by atoms with Gasteiger partial charge in [-0.05, 0) is 36.8 Å². The third-order valence-electron chi connectivity index (χ3n) is 3.22. The highest BCUT2D eigenvalue weighted by atomic mass is 32.2. The molecule has 23 heavy (non-hydrogen) atoms. The standard InChI is InChI=1S/C15H17NO6S/c1-21-15(18)11-2-4-13(5-3-11)23(19,20)16-8-6-14(17)12-7-9-22-10-12/h2-5,7,9-10,14,16-17H,6,8H2,1H3/t14-/m1/s1. The molecule has 0 spiro atoms. The van der Waals surface area contributed by atoms with Gasteiger partial charge in [0.2, 0.25) is 10.0 Å². The Morgan fingerprint density at radius 1 is 1.30 bits per heavy atom. The number of carbonyl (C=O) groups excluding carboxylic acids is 1. The summed E-state index contributed by atoms with van der Waals surface area (Å²) >= 11 is 0. The van der Waals surface area contributed by atoms with E-state index in [4.69, 9.17) is 4.42 Å². The Balaban J connectivity index is 1.95. The molecule has 0 bridgehead atoms. The molecule has 1 atom stereocenters. The lowest BCUT2D eigenvalue weighted by molar-refractivity contribution is 0.0600. The number of hydrogen-bond acceptors (Lipinski definition) is 6. The molecule has 7 nitrogen and oxygen atoms in total. The second-order valence-electron chi connectivity index (χ2n) is 4.77. The summed E-state index contributed by atoms with van der Waals surface area (Å²) in [6.45, 7) is 0.0629. The number of sulfonamides is 1. The Morgan fingerprint density at radius 3 is 2.57 bits per heavy atom. The van der Waals surface area contributed by atoms with E-state index in [1.165, 1.54) is 43.9 Å². The molecular formula is C15H17NO6S. The van der Waals surface area contributed by atoms with Crippen LogP contribution in [0.1, 0.15) is 28.4 Å². The zero-order chi connectivity index (χ0) is 16.9. The van der Waals surface area contributed by atoms with Crippen LogP contribution in [0.25, 0.3) is 0 Å². The van der Waals surface area contributed by atoms with Crippen molar-refractivity contribution in [1.82, 2.24) is 4.72 Å². The highest BCUT2D eigenvalue weighted by Gasteiger charge is 2.16. The van der Waals surface area contributed by atoms with Crippen molar-refractivity contribution in [2.75, 3.05) is 13.7 Å². The molecule has 1 heterocycles. The molecule has 0 aliphatic heterocycles. The molecule has 0 amide bonds. The topological polar surface area (TPSA) is 106 Å². The summed E-state index contributed by atoms with van der Waals surface area (Å²) in [6, 6.07) is 7.01. The average Bonchev–Trinajstić information content (AvgIpc) is 3.08. The van der Waals surface area contributed by atoms with E-state index in [1.54, 1.807) is 6.07 Å². The summed E-state index contributed by atoms with van der Waals surface area (Å²) in [5.74, 6) is -0.537. The minimum Gasteiger partial charge on any atom is -0.472 e. The van der Waals surface area contributed by atoms with Gasteiger partial charge in [0.15, 0.2) is 0 Å². The Hall–Kier alpha value is -2.16. The number of esters is 1. The molecule has 1 aromatic carbocycles. The third kappa shape index (κ3) is 4.41. The fourth-order valence-electron chi connectivity index (χ4n) is 1.93. The number of rotatable bonds is 7. The van der Waals surface area contributed by atoms with Crippen LogP contribution in [-0.2, 0) is 14.8 Å². The normalized spacial score (nSPS) is 12.8. The molecule has 0 aliphatic rings. The number of aliphatic hydroxyl groups is 1. The predicted molar refractivity (Wildman–Crippen MR) is 81.3 cm³/mol.